The second kappa shape index (κ2) is 11.0. The highest BCUT2D eigenvalue weighted by atomic mass is 79.9. The van der Waals surface area contributed by atoms with Gasteiger partial charge in [0.2, 0.25) is 0 Å². The Bertz CT molecular complexity index is 1300. The van der Waals surface area contributed by atoms with E-state index in [1.54, 1.807) is 47.5 Å². The maximum atomic E-state index is 13.8. The van der Waals surface area contributed by atoms with E-state index in [1.807, 2.05) is 18.2 Å². The zero-order valence-corrected chi connectivity index (χ0v) is 23.3. The normalized spacial score (nSPS) is 21.1. The van der Waals surface area contributed by atoms with Gasteiger partial charge in [-0.25, -0.2) is 0 Å². The summed E-state index contributed by atoms with van der Waals surface area (Å²) in [5.41, 5.74) is 3.50. The monoisotopic (exact) mass is 571 g/mol. The van der Waals surface area contributed by atoms with Gasteiger partial charge in [0.1, 0.15) is 5.92 Å². The van der Waals surface area contributed by atoms with Crippen molar-refractivity contribution in [2.45, 2.75) is 31.6 Å². The van der Waals surface area contributed by atoms with Gasteiger partial charge in [-0.3, -0.25) is 14.6 Å². The summed E-state index contributed by atoms with van der Waals surface area (Å²) in [7, 11) is 7.61. The molecule has 0 aromatic heterocycles. The molecule has 0 spiro atoms. The number of rotatable bonds is 7. The van der Waals surface area contributed by atoms with Crippen LogP contribution in [-0.4, -0.2) is 53.0 Å². The highest BCUT2D eigenvalue weighted by Gasteiger charge is 2.45. The fourth-order valence-electron chi connectivity index (χ4n) is 5.28. The van der Waals surface area contributed by atoms with Crippen LogP contribution in [-0.2, 0) is 14.3 Å². The highest BCUT2D eigenvalue weighted by Crippen LogP contribution is 2.50. The van der Waals surface area contributed by atoms with Crippen molar-refractivity contribution in [1.82, 2.24) is 0 Å². The summed E-state index contributed by atoms with van der Waals surface area (Å²) in [6.45, 7) is 1.80. The van der Waals surface area contributed by atoms with Crippen LogP contribution in [0.15, 0.2) is 51.1 Å². The molecule has 0 bridgehead atoms. The first-order chi connectivity index (χ1) is 17.8. The second-order valence-electron chi connectivity index (χ2n) is 8.96. The van der Waals surface area contributed by atoms with Gasteiger partial charge in [0, 0.05) is 33.8 Å². The maximum absolute atomic E-state index is 13.8. The minimum absolute atomic E-state index is 0.0575. The van der Waals surface area contributed by atoms with Crippen LogP contribution in [0.5, 0.6) is 23.0 Å². The Morgan fingerprint density at radius 2 is 1.51 bits per heavy atom. The number of aliphatic imine (C=N–C) groups is 1. The van der Waals surface area contributed by atoms with E-state index in [0.29, 0.717) is 50.9 Å². The van der Waals surface area contributed by atoms with Crippen molar-refractivity contribution in [3.63, 3.8) is 0 Å². The van der Waals surface area contributed by atoms with Crippen molar-refractivity contribution >= 4 is 33.4 Å². The first kappa shape index (κ1) is 26.7. The number of esters is 1. The Morgan fingerprint density at radius 3 is 2.14 bits per heavy atom. The first-order valence-electron chi connectivity index (χ1n) is 11.8. The van der Waals surface area contributed by atoms with Crippen LogP contribution in [0.2, 0.25) is 0 Å². The van der Waals surface area contributed by atoms with Gasteiger partial charge >= 0.3 is 5.97 Å². The lowest BCUT2D eigenvalue weighted by Crippen LogP contribution is -2.38. The van der Waals surface area contributed by atoms with Gasteiger partial charge in [0.25, 0.3) is 0 Å². The van der Waals surface area contributed by atoms with Gasteiger partial charge in [0.05, 0.1) is 35.5 Å². The lowest BCUT2D eigenvalue weighted by molar-refractivity contribution is -0.143. The van der Waals surface area contributed by atoms with E-state index < -0.39 is 17.8 Å². The van der Waals surface area contributed by atoms with Crippen LogP contribution in [0, 0.1) is 5.92 Å². The molecule has 0 amide bonds. The van der Waals surface area contributed by atoms with E-state index >= 15 is 0 Å². The molecule has 2 aromatic rings. The minimum atomic E-state index is -0.750. The van der Waals surface area contributed by atoms with Crippen LogP contribution in [0.3, 0.4) is 0 Å². The van der Waals surface area contributed by atoms with Gasteiger partial charge in [-0.05, 0) is 54.7 Å². The van der Waals surface area contributed by atoms with E-state index in [4.69, 9.17) is 28.7 Å². The molecule has 4 rings (SSSR count). The third kappa shape index (κ3) is 4.84. The summed E-state index contributed by atoms with van der Waals surface area (Å²) in [5, 5.41) is 0. The average Bonchev–Trinajstić information content (AvgIpc) is 2.91. The van der Waals surface area contributed by atoms with Crippen molar-refractivity contribution in [2.24, 2.45) is 10.9 Å². The molecular formula is C28H30BrNO7. The first-order valence-corrected chi connectivity index (χ1v) is 12.6. The highest BCUT2D eigenvalue weighted by molar-refractivity contribution is 9.10. The fourth-order valence-corrected chi connectivity index (χ4v) is 5.85. The van der Waals surface area contributed by atoms with Crippen molar-refractivity contribution in [2.75, 3.05) is 35.5 Å². The topological polar surface area (TPSA) is 92.7 Å². The Morgan fingerprint density at radius 1 is 0.892 bits per heavy atom. The van der Waals surface area contributed by atoms with Crippen LogP contribution in [0.25, 0.3) is 0 Å². The number of carbonyl (C=O) groups excluding carboxylic acids is 2. The summed E-state index contributed by atoms with van der Waals surface area (Å²) >= 11 is 3.63. The van der Waals surface area contributed by atoms with Crippen molar-refractivity contribution in [1.29, 1.82) is 0 Å². The molecule has 0 radical (unpaired) electrons. The number of allylic oxidation sites excluding steroid dienone is 2. The second-order valence-corrected chi connectivity index (χ2v) is 9.82. The molecule has 196 valence electrons. The van der Waals surface area contributed by atoms with E-state index in [9.17, 15) is 9.59 Å². The zero-order chi connectivity index (χ0) is 26.9. The standard InChI is InChI=1S/C28H30BrNO7/c1-14-25(28(32)37-6)26(17-12-23(35-4)24(36-5)13-18(17)29)27-19(30-14)9-16(10-20(27)31)15-7-8-21(33-2)22(11-15)34-3/h7-8,11-13,16,25-26H,9-10H2,1-6H3/t16-,25?,26-/m0/s1. The molecule has 0 N–H and O–H groups in total. The lowest BCUT2D eigenvalue weighted by atomic mass is 9.69. The maximum Gasteiger partial charge on any atom is 0.315 e. The van der Waals surface area contributed by atoms with Gasteiger partial charge in [0.15, 0.2) is 28.8 Å². The van der Waals surface area contributed by atoms with Gasteiger partial charge in [-0.2, -0.15) is 0 Å². The summed E-state index contributed by atoms with van der Waals surface area (Å²) in [6, 6.07) is 9.28. The Kier molecular flexibility index (Phi) is 7.92. The molecule has 1 aliphatic heterocycles. The predicted octanol–water partition coefficient (Wildman–Crippen LogP) is 5.23. The Hall–Kier alpha value is -3.33. The zero-order valence-electron chi connectivity index (χ0n) is 21.7. The van der Waals surface area contributed by atoms with E-state index in [0.717, 1.165) is 11.1 Å². The van der Waals surface area contributed by atoms with Crippen LogP contribution >= 0.6 is 15.9 Å². The molecule has 1 aliphatic carbocycles. The summed E-state index contributed by atoms with van der Waals surface area (Å²) in [6.07, 6.45) is 0.821. The predicted molar refractivity (Wildman–Crippen MR) is 142 cm³/mol. The lowest BCUT2D eigenvalue weighted by Gasteiger charge is -2.37. The molecule has 1 unspecified atom stereocenters. The SMILES string of the molecule is COC(=O)C1C(C)=NC2=C(C(=O)C[C@@H](c3ccc(OC)c(OC)c3)C2)[C@H]1c1cc(OC)c(OC)cc1Br. The van der Waals surface area contributed by atoms with Crippen molar-refractivity contribution < 1.29 is 33.3 Å². The number of ketones is 1. The summed E-state index contributed by atoms with van der Waals surface area (Å²) < 4.78 is 27.7. The number of ether oxygens (including phenoxy) is 5. The number of halogens is 1. The quantitative estimate of drug-likeness (QED) is 0.420. The number of hydrogen-bond donors (Lipinski definition) is 0. The third-order valence-electron chi connectivity index (χ3n) is 7.06. The smallest absolute Gasteiger partial charge is 0.315 e. The minimum Gasteiger partial charge on any atom is -0.493 e. The third-order valence-corrected chi connectivity index (χ3v) is 7.75. The molecule has 0 saturated heterocycles. The van der Waals surface area contributed by atoms with E-state index in [2.05, 4.69) is 15.9 Å². The van der Waals surface area contributed by atoms with Crippen LogP contribution in [0.1, 0.15) is 42.7 Å². The molecule has 8 nitrogen and oxygen atoms in total. The Labute approximate surface area is 224 Å². The van der Waals surface area contributed by atoms with E-state index in [-0.39, 0.29) is 18.1 Å². The number of Topliss-reactive ketones (excluding diaryl/α,β-unsaturated/α-hetero) is 1. The largest absolute Gasteiger partial charge is 0.493 e. The van der Waals surface area contributed by atoms with Crippen molar-refractivity contribution in [3.8, 4) is 23.0 Å². The fraction of sp³-hybridized carbons (Fsp3) is 0.393. The molecule has 2 aromatic carbocycles. The molecule has 0 saturated carbocycles. The molecule has 37 heavy (non-hydrogen) atoms. The van der Waals surface area contributed by atoms with Gasteiger partial charge in [-0.1, -0.05) is 22.0 Å². The number of methoxy groups -OCH3 is 5. The average molecular weight is 572 g/mol. The van der Waals surface area contributed by atoms with Gasteiger partial charge in [-0.15, -0.1) is 0 Å². The van der Waals surface area contributed by atoms with Crippen molar-refractivity contribution in [3.05, 3.63) is 57.2 Å². The van der Waals surface area contributed by atoms with Gasteiger partial charge < -0.3 is 23.7 Å². The number of carbonyl (C=O) groups is 2. The molecule has 3 atom stereocenters. The number of nitrogens with zero attached hydrogens (tertiary/aromatic N) is 1. The molecule has 9 heteroatoms. The van der Waals surface area contributed by atoms with E-state index in [1.165, 1.54) is 7.11 Å². The molecule has 0 fully saturated rings. The summed E-state index contributed by atoms with van der Waals surface area (Å²) in [4.78, 5) is 31.6. The van der Waals surface area contributed by atoms with Crippen LogP contribution < -0.4 is 18.9 Å². The number of hydrogen-bond acceptors (Lipinski definition) is 8. The number of benzene rings is 2. The Balaban J connectivity index is 1.84. The van der Waals surface area contributed by atoms with Crippen LogP contribution in [0.4, 0.5) is 0 Å². The summed E-state index contributed by atoms with van der Waals surface area (Å²) in [5.74, 6) is 0.323. The molecular weight excluding hydrogens is 542 g/mol. The molecule has 1 heterocycles. The molecule has 2 aliphatic rings.